The van der Waals surface area contributed by atoms with E-state index in [-0.39, 0.29) is 17.9 Å². The van der Waals surface area contributed by atoms with Gasteiger partial charge < -0.3 is 20.3 Å². The number of alkyl carbamates (subject to hydrolysis) is 1. The molecule has 3 aromatic rings. The second-order valence-electron chi connectivity index (χ2n) is 11.6. The van der Waals surface area contributed by atoms with Gasteiger partial charge in [-0.2, -0.15) is 11.8 Å². The van der Waals surface area contributed by atoms with Crippen LogP contribution >= 0.6 is 11.8 Å². The van der Waals surface area contributed by atoms with E-state index in [9.17, 15) is 14.4 Å². The van der Waals surface area contributed by atoms with Gasteiger partial charge in [0.1, 0.15) is 17.7 Å². The molecular formula is C33H43N3O4S. The number of amides is 3. The molecule has 0 saturated heterocycles. The third-order valence-corrected chi connectivity index (χ3v) is 7.32. The monoisotopic (exact) mass is 577 g/mol. The van der Waals surface area contributed by atoms with Crippen LogP contribution < -0.4 is 10.6 Å². The van der Waals surface area contributed by atoms with Crippen molar-refractivity contribution in [3.8, 4) is 0 Å². The van der Waals surface area contributed by atoms with E-state index in [2.05, 4.69) is 10.6 Å². The summed E-state index contributed by atoms with van der Waals surface area (Å²) in [7, 11) is 0. The van der Waals surface area contributed by atoms with Crippen LogP contribution in [0, 0.1) is 13.8 Å². The molecule has 2 N–H and O–H groups in total. The van der Waals surface area contributed by atoms with Crippen molar-refractivity contribution in [2.45, 2.75) is 78.6 Å². The summed E-state index contributed by atoms with van der Waals surface area (Å²) in [6.07, 6.45) is 1.68. The van der Waals surface area contributed by atoms with Gasteiger partial charge in [-0.15, -0.1) is 0 Å². The van der Waals surface area contributed by atoms with Crippen LogP contribution in [0.15, 0.2) is 60.7 Å². The lowest BCUT2D eigenvalue weighted by atomic mass is 9.95. The summed E-state index contributed by atoms with van der Waals surface area (Å²) >= 11 is 1.58. The Morgan fingerprint density at radius 3 is 2.24 bits per heavy atom. The van der Waals surface area contributed by atoms with Crippen molar-refractivity contribution < 1.29 is 19.1 Å². The Balaban J connectivity index is 2.04. The number of carbonyl (C=O) groups excluding carboxylic acids is 3. The maximum atomic E-state index is 14.3. The molecule has 0 fully saturated rings. The molecule has 41 heavy (non-hydrogen) atoms. The molecule has 8 heteroatoms. The van der Waals surface area contributed by atoms with E-state index in [1.165, 1.54) is 0 Å². The summed E-state index contributed by atoms with van der Waals surface area (Å²) in [5.74, 6) is -0.0101. The molecule has 0 aliphatic rings. The number of hydrogen-bond acceptors (Lipinski definition) is 5. The normalized spacial score (nSPS) is 13.0. The topological polar surface area (TPSA) is 87.7 Å². The molecule has 0 aliphatic heterocycles. The van der Waals surface area contributed by atoms with E-state index in [0.717, 1.165) is 27.5 Å². The van der Waals surface area contributed by atoms with Gasteiger partial charge in [-0.3, -0.25) is 9.59 Å². The van der Waals surface area contributed by atoms with E-state index in [1.54, 1.807) is 37.4 Å². The smallest absolute Gasteiger partial charge is 0.408 e. The third kappa shape index (κ3) is 8.73. The highest BCUT2D eigenvalue weighted by Gasteiger charge is 2.38. The fraction of sp³-hybridized carbons (Fsp3) is 0.424. The standard InChI is InChI=1S/C33H43N3O4S/c1-21(2)36(31(38)28(17-18-41-8)35-32(39)40-33(5,6)7)29(27-16-13-22(3)19-23(27)4)30(37)34-26-15-14-24-11-9-10-12-25(24)20-26/h9-16,19-21,28-29H,17-18H2,1-8H3,(H,34,37)(H,35,39). The molecule has 0 bridgehead atoms. The van der Waals surface area contributed by atoms with Gasteiger partial charge in [0.15, 0.2) is 0 Å². The summed E-state index contributed by atoms with van der Waals surface area (Å²) in [4.78, 5) is 42.8. The van der Waals surface area contributed by atoms with Gasteiger partial charge in [-0.25, -0.2) is 4.79 Å². The quantitative estimate of drug-likeness (QED) is 0.270. The molecule has 0 radical (unpaired) electrons. The van der Waals surface area contributed by atoms with Crippen LogP contribution in [0.4, 0.5) is 10.5 Å². The van der Waals surface area contributed by atoms with E-state index in [0.29, 0.717) is 17.9 Å². The SMILES string of the molecule is CSCCC(NC(=O)OC(C)(C)C)C(=O)N(C(C)C)C(C(=O)Nc1ccc2ccccc2c1)c1ccc(C)cc1C. The van der Waals surface area contributed by atoms with Crippen LogP contribution in [0.2, 0.25) is 0 Å². The Labute approximate surface area is 248 Å². The first-order valence-corrected chi connectivity index (χ1v) is 15.4. The Morgan fingerprint density at radius 1 is 0.951 bits per heavy atom. The van der Waals surface area contributed by atoms with Crippen LogP contribution in [0.25, 0.3) is 10.8 Å². The number of carbonyl (C=O) groups is 3. The summed E-state index contributed by atoms with van der Waals surface area (Å²) in [6, 6.07) is 17.5. The van der Waals surface area contributed by atoms with E-state index >= 15 is 0 Å². The second-order valence-corrected chi connectivity index (χ2v) is 12.6. The first-order chi connectivity index (χ1) is 19.3. The minimum absolute atomic E-state index is 0.324. The predicted molar refractivity (Wildman–Crippen MR) is 169 cm³/mol. The molecule has 0 saturated carbocycles. The minimum atomic E-state index is -0.924. The maximum Gasteiger partial charge on any atom is 0.408 e. The molecule has 220 valence electrons. The van der Waals surface area contributed by atoms with Gasteiger partial charge in [-0.1, -0.05) is 54.1 Å². The number of ether oxygens (including phenoxy) is 1. The predicted octanol–water partition coefficient (Wildman–Crippen LogP) is 7.02. The Morgan fingerprint density at radius 2 is 1.63 bits per heavy atom. The van der Waals surface area contributed by atoms with Crippen LogP contribution in [0.3, 0.4) is 0 Å². The van der Waals surface area contributed by atoms with Crippen LogP contribution in [0.1, 0.15) is 63.8 Å². The van der Waals surface area contributed by atoms with Crippen molar-refractivity contribution in [3.63, 3.8) is 0 Å². The number of nitrogens with one attached hydrogen (secondary N) is 2. The average Bonchev–Trinajstić information content (AvgIpc) is 2.88. The van der Waals surface area contributed by atoms with Gasteiger partial charge in [0, 0.05) is 11.7 Å². The number of thioether (sulfide) groups is 1. The second kappa shape index (κ2) is 13.9. The lowest BCUT2D eigenvalue weighted by Crippen LogP contribution is -2.54. The number of fused-ring (bicyclic) bond motifs is 1. The van der Waals surface area contributed by atoms with Crippen molar-refractivity contribution in [2.24, 2.45) is 0 Å². The van der Waals surface area contributed by atoms with Gasteiger partial charge in [-0.05, 0) is 101 Å². The highest BCUT2D eigenvalue weighted by Crippen LogP contribution is 2.30. The van der Waals surface area contributed by atoms with Crippen molar-refractivity contribution in [2.75, 3.05) is 17.3 Å². The molecule has 0 heterocycles. The molecule has 0 aromatic heterocycles. The molecule has 2 atom stereocenters. The third-order valence-electron chi connectivity index (χ3n) is 6.67. The van der Waals surface area contributed by atoms with E-state index in [4.69, 9.17) is 4.74 Å². The summed E-state index contributed by atoms with van der Waals surface area (Å²) in [5.41, 5.74) is 2.63. The molecule has 3 aromatic carbocycles. The summed E-state index contributed by atoms with van der Waals surface area (Å²) < 4.78 is 5.47. The van der Waals surface area contributed by atoms with Crippen molar-refractivity contribution in [3.05, 3.63) is 77.4 Å². The van der Waals surface area contributed by atoms with Gasteiger partial charge >= 0.3 is 6.09 Å². The first-order valence-electron chi connectivity index (χ1n) is 14.0. The lowest BCUT2D eigenvalue weighted by molar-refractivity contribution is -0.143. The van der Waals surface area contributed by atoms with E-state index < -0.39 is 23.8 Å². The largest absolute Gasteiger partial charge is 0.444 e. The van der Waals surface area contributed by atoms with Gasteiger partial charge in [0.2, 0.25) is 5.91 Å². The van der Waals surface area contributed by atoms with E-state index in [1.807, 2.05) is 94.6 Å². The zero-order valence-corrected chi connectivity index (χ0v) is 26.2. The molecule has 3 amide bonds. The highest BCUT2D eigenvalue weighted by atomic mass is 32.2. The number of benzene rings is 3. The zero-order valence-electron chi connectivity index (χ0n) is 25.4. The first kappa shape index (κ1) is 32.0. The van der Waals surface area contributed by atoms with Crippen LogP contribution in [-0.4, -0.2) is 52.5 Å². The Kier molecular flexibility index (Phi) is 10.8. The molecular weight excluding hydrogens is 534 g/mol. The molecule has 7 nitrogen and oxygen atoms in total. The number of anilines is 1. The van der Waals surface area contributed by atoms with Crippen molar-refractivity contribution in [1.82, 2.24) is 10.2 Å². The zero-order chi connectivity index (χ0) is 30.3. The summed E-state index contributed by atoms with van der Waals surface area (Å²) in [6.45, 7) is 13.0. The van der Waals surface area contributed by atoms with Crippen LogP contribution in [0.5, 0.6) is 0 Å². The minimum Gasteiger partial charge on any atom is -0.444 e. The maximum absolute atomic E-state index is 14.3. The van der Waals surface area contributed by atoms with Gasteiger partial charge in [0.25, 0.3) is 5.91 Å². The number of aryl methyl sites for hydroxylation is 2. The Hall–Kier alpha value is -3.52. The molecule has 0 spiro atoms. The average molecular weight is 578 g/mol. The highest BCUT2D eigenvalue weighted by molar-refractivity contribution is 7.98. The number of rotatable bonds is 10. The fourth-order valence-electron chi connectivity index (χ4n) is 4.83. The fourth-order valence-corrected chi connectivity index (χ4v) is 5.30. The number of hydrogen-bond donors (Lipinski definition) is 2. The molecule has 3 rings (SSSR count). The molecule has 2 unspecified atom stereocenters. The van der Waals surface area contributed by atoms with Crippen LogP contribution in [-0.2, 0) is 14.3 Å². The Bertz CT molecular complexity index is 1380. The summed E-state index contributed by atoms with van der Waals surface area (Å²) in [5, 5.41) is 7.93. The molecule has 0 aliphatic carbocycles. The number of nitrogens with zero attached hydrogens (tertiary/aromatic N) is 1. The van der Waals surface area contributed by atoms with Crippen molar-refractivity contribution >= 4 is 46.1 Å². The lowest BCUT2D eigenvalue weighted by Gasteiger charge is -2.37. The van der Waals surface area contributed by atoms with Crippen molar-refractivity contribution in [1.29, 1.82) is 0 Å². The van der Waals surface area contributed by atoms with Gasteiger partial charge in [0.05, 0.1) is 0 Å².